The molecule has 3 N–H and O–H groups in total. The van der Waals surface area contributed by atoms with Crippen LogP contribution in [0.15, 0.2) is 0 Å². The second-order valence-corrected chi connectivity index (χ2v) is 11.9. The molecule has 244 valence electrons. The third-order valence-corrected chi connectivity index (χ3v) is 6.66. The fourth-order valence-electron chi connectivity index (χ4n) is 4.31. The Balaban J connectivity index is 0. The Bertz CT molecular complexity index is 595. The van der Waals surface area contributed by atoms with Crippen LogP contribution in [-0.4, -0.2) is 50.4 Å². The molecule has 0 aromatic carbocycles. The number of carbonyl (C=O) groups is 3. The van der Waals surface area contributed by atoms with Crippen LogP contribution in [0.3, 0.4) is 0 Å². The van der Waals surface area contributed by atoms with E-state index in [1.54, 1.807) is 0 Å². The van der Waals surface area contributed by atoms with E-state index >= 15 is 0 Å². The fraction of sp³-hybridized carbons (Fsp3) is 0.909. The van der Waals surface area contributed by atoms with Gasteiger partial charge < -0.3 is 25.3 Å². The molecule has 8 nitrogen and oxygen atoms in total. The molecule has 0 fully saturated rings. The van der Waals surface area contributed by atoms with Gasteiger partial charge in [-0.05, 0) is 59.4 Å². The summed E-state index contributed by atoms with van der Waals surface area (Å²) in [5.41, 5.74) is 4.83. The number of carbonyl (C=O) groups excluding carboxylic acids is 3. The van der Waals surface area contributed by atoms with E-state index in [1.165, 1.54) is 51.4 Å². The zero-order chi connectivity index (χ0) is 31.0. The van der Waals surface area contributed by atoms with Crippen molar-refractivity contribution in [1.29, 1.82) is 0 Å². The lowest BCUT2D eigenvalue weighted by atomic mass is 9.94. The van der Waals surface area contributed by atoms with Crippen molar-refractivity contribution in [2.75, 3.05) is 26.3 Å². The molecule has 8 heteroatoms. The summed E-state index contributed by atoms with van der Waals surface area (Å²) in [6, 6.07) is 0. The minimum absolute atomic E-state index is 0.0427. The summed E-state index contributed by atoms with van der Waals surface area (Å²) in [7, 11) is 0. The third kappa shape index (κ3) is 34.3. The average molecular weight is 587 g/mol. The van der Waals surface area contributed by atoms with E-state index in [-0.39, 0.29) is 18.0 Å². The summed E-state index contributed by atoms with van der Waals surface area (Å²) in [4.78, 5) is 33.6. The van der Waals surface area contributed by atoms with Crippen molar-refractivity contribution in [3.8, 4) is 0 Å². The van der Waals surface area contributed by atoms with Gasteiger partial charge in [-0.25, -0.2) is 4.79 Å². The van der Waals surface area contributed by atoms with Gasteiger partial charge >= 0.3 is 12.1 Å². The molecule has 0 aliphatic carbocycles. The lowest BCUT2D eigenvalue weighted by Gasteiger charge is -2.19. The number of nitrogens with one attached hydrogen (secondary N) is 1. The Labute approximate surface area is 252 Å². The minimum atomic E-state index is -0.424. The van der Waals surface area contributed by atoms with E-state index in [2.05, 4.69) is 23.9 Å². The first-order valence-corrected chi connectivity index (χ1v) is 16.6. The maximum absolute atomic E-state index is 12.5. The molecule has 0 aromatic heterocycles. The van der Waals surface area contributed by atoms with Gasteiger partial charge in [0.15, 0.2) is 0 Å². The van der Waals surface area contributed by atoms with Crippen LogP contribution in [-0.2, 0) is 23.8 Å². The maximum Gasteiger partial charge on any atom is 0.407 e. The second-order valence-electron chi connectivity index (χ2n) is 11.9. The van der Waals surface area contributed by atoms with Gasteiger partial charge in [0.25, 0.3) is 6.47 Å². The van der Waals surface area contributed by atoms with Gasteiger partial charge in [-0.2, -0.15) is 0 Å². The van der Waals surface area contributed by atoms with Crippen molar-refractivity contribution in [2.24, 2.45) is 11.7 Å². The summed E-state index contributed by atoms with van der Waals surface area (Å²) in [6.45, 7) is 12.7. The molecule has 0 aromatic rings. The zero-order valence-corrected chi connectivity index (χ0v) is 27.4. The third-order valence-electron chi connectivity index (χ3n) is 6.66. The first-order chi connectivity index (χ1) is 19.7. The van der Waals surface area contributed by atoms with Crippen molar-refractivity contribution in [2.45, 2.75) is 162 Å². The monoisotopic (exact) mass is 586 g/mol. The number of rotatable bonds is 26. The predicted octanol–water partition coefficient (Wildman–Crippen LogP) is 8.24. The molecule has 0 saturated carbocycles. The molecule has 1 atom stereocenters. The molecule has 0 radical (unpaired) electrons. The number of hydrogen-bond acceptors (Lipinski definition) is 7. The van der Waals surface area contributed by atoms with Crippen LogP contribution in [0.25, 0.3) is 0 Å². The summed E-state index contributed by atoms with van der Waals surface area (Å²) >= 11 is 0. The van der Waals surface area contributed by atoms with E-state index in [4.69, 9.17) is 15.2 Å². The lowest BCUT2D eigenvalue weighted by Crippen LogP contribution is -2.33. The van der Waals surface area contributed by atoms with Gasteiger partial charge in [0.05, 0.1) is 19.1 Å². The maximum atomic E-state index is 12.5. The molecule has 1 amide bonds. The van der Waals surface area contributed by atoms with Crippen LogP contribution in [0.2, 0.25) is 0 Å². The fourth-order valence-corrected chi connectivity index (χ4v) is 4.31. The molecule has 41 heavy (non-hydrogen) atoms. The number of unbranched alkanes of at least 4 members (excludes halogenated alkanes) is 13. The average Bonchev–Trinajstić information content (AvgIpc) is 2.92. The van der Waals surface area contributed by atoms with E-state index < -0.39 is 5.60 Å². The van der Waals surface area contributed by atoms with E-state index in [0.717, 1.165) is 70.6 Å². The van der Waals surface area contributed by atoms with Crippen LogP contribution in [0, 0.1) is 5.92 Å². The molecule has 0 spiro atoms. The molecule has 0 heterocycles. The molecule has 0 rings (SSSR count). The smallest absolute Gasteiger partial charge is 0.407 e. The minimum Gasteiger partial charge on any atom is -0.468 e. The zero-order valence-electron chi connectivity index (χ0n) is 27.4. The Morgan fingerprint density at radius 1 is 0.732 bits per heavy atom. The summed E-state index contributed by atoms with van der Waals surface area (Å²) < 4.78 is 15.3. The SMILES string of the molecule is CC(C)(C)OC(=O)NCCCN.CCCCCCCCC(CCCCCC)C(=O)OCCCCCCCCOC=O. The molecule has 1 unspecified atom stereocenters. The van der Waals surface area contributed by atoms with Crippen LogP contribution in [0.4, 0.5) is 4.79 Å². The van der Waals surface area contributed by atoms with Crippen molar-refractivity contribution >= 4 is 18.5 Å². The summed E-state index contributed by atoms with van der Waals surface area (Å²) in [5.74, 6) is 0.150. The van der Waals surface area contributed by atoms with Gasteiger partial charge in [-0.15, -0.1) is 0 Å². The summed E-state index contributed by atoms with van der Waals surface area (Å²) in [6.07, 6.45) is 21.3. The van der Waals surface area contributed by atoms with Crippen molar-refractivity contribution < 1.29 is 28.6 Å². The van der Waals surface area contributed by atoms with Crippen molar-refractivity contribution in [3.05, 3.63) is 0 Å². The number of hydrogen-bond donors (Lipinski definition) is 2. The highest BCUT2D eigenvalue weighted by Crippen LogP contribution is 2.20. The van der Waals surface area contributed by atoms with Crippen LogP contribution < -0.4 is 11.1 Å². The van der Waals surface area contributed by atoms with Gasteiger partial charge in [0.1, 0.15) is 5.60 Å². The van der Waals surface area contributed by atoms with Gasteiger partial charge in [0.2, 0.25) is 0 Å². The predicted molar refractivity (Wildman–Crippen MR) is 169 cm³/mol. The van der Waals surface area contributed by atoms with E-state index in [1.807, 2.05) is 20.8 Å². The molecular weight excluding hydrogens is 520 g/mol. The number of nitrogens with two attached hydrogens (primary N) is 1. The van der Waals surface area contributed by atoms with Crippen LogP contribution in [0.5, 0.6) is 0 Å². The number of esters is 1. The Kier molecular flexibility index (Phi) is 31.3. The van der Waals surface area contributed by atoms with Crippen LogP contribution in [0.1, 0.15) is 157 Å². The Morgan fingerprint density at radius 2 is 1.22 bits per heavy atom. The Morgan fingerprint density at radius 3 is 1.73 bits per heavy atom. The second kappa shape index (κ2) is 31.1. The number of alkyl carbamates (subject to hydrolysis) is 1. The van der Waals surface area contributed by atoms with E-state index in [9.17, 15) is 14.4 Å². The molecular formula is C33H66N2O6. The van der Waals surface area contributed by atoms with Gasteiger partial charge in [-0.3, -0.25) is 9.59 Å². The normalized spacial score (nSPS) is 11.7. The van der Waals surface area contributed by atoms with Crippen molar-refractivity contribution in [3.63, 3.8) is 0 Å². The number of amides is 1. The molecule has 0 saturated heterocycles. The quantitative estimate of drug-likeness (QED) is 0.0453. The summed E-state index contributed by atoms with van der Waals surface area (Å²) in [5, 5.41) is 2.60. The molecule has 0 aliphatic heterocycles. The van der Waals surface area contributed by atoms with Gasteiger partial charge in [-0.1, -0.05) is 104 Å². The first-order valence-electron chi connectivity index (χ1n) is 16.6. The van der Waals surface area contributed by atoms with Gasteiger partial charge in [0, 0.05) is 6.54 Å². The topological polar surface area (TPSA) is 117 Å². The molecule has 0 aliphatic rings. The lowest BCUT2D eigenvalue weighted by molar-refractivity contribution is -0.149. The Hall–Kier alpha value is -1.83. The van der Waals surface area contributed by atoms with E-state index in [0.29, 0.717) is 32.8 Å². The van der Waals surface area contributed by atoms with Crippen LogP contribution >= 0.6 is 0 Å². The number of ether oxygens (including phenoxy) is 3. The first kappa shape index (κ1) is 41.3. The van der Waals surface area contributed by atoms with Crippen molar-refractivity contribution in [1.82, 2.24) is 5.32 Å². The highest BCUT2D eigenvalue weighted by Gasteiger charge is 2.19. The molecule has 0 bridgehead atoms. The highest BCUT2D eigenvalue weighted by molar-refractivity contribution is 5.72. The standard InChI is InChI=1S/C25H48O4.C8H18N2O2/c1-3-5-7-9-12-16-20-24(19-15-8-6-4-2)25(27)29-22-18-14-11-10-13-17-21-28-23-26;1-8(2,3)12-7(11)10-6-4-5-9/h23-24H,3-22H2,1-2H3;4-6,9H2,1-3H3,(H,10,11). The highest BCUT2D eigenvalue weighted by atomic mass is 16.6. The largest absolute Gasteiger partial charge is 0.468 e.